The van der Waals surface area contributed by atoms with Crippen LogP contribution in [0, 0.1) is 0 Å². The third-order valence-corrected chi connectivity index (χ3v) is 8.95. The lowest BCUT2D eigenvalue weighted by Gasteiger charge is -2.50. The summed E-state index contributed by atoms with van der Waals surface area (Å²) in [7, 11) is 0. The summed E-state index contributed by atoms with van der Waals surface area (Å²) in [5.41, 5.74) is 2.83. The third kappa shape index (κ3) is 4.71. The van der Waals surface area contributed by atoms with Crippen LogP contribution in [0.3, 0.4) is 0 Å². The zero-order valence-electron chi connectivity index (χ0n) is 23.4. The van der Waals surface area contributed by atoms with Crippen molar-refractivity contribution in [3.8, 4) is 0 Å². The number of pyridine rings is 1. The number of fused-ring (bicyclic) bond motifs is 1. The number of amides is 1. The fourth-order valence-corrected chi connectivity index (χ4v) is 6.50. The summed E-state index contributed by atoms with van der Waals surface area (Å²) in [5, 5.41) is 4.45. The zero-order chi connectivity index (χ0) is 27.9. The Kier molecular flexibility index (Phi) is 6.96. The van der Waals surface area contributed by atoms with Crippen LogP contribution < -0.4 is 10.9 Å². The van der Waals surface area contributed by atoms with Crippen molar-refractivity contribution in [2.75, 3.05) is 44.7 Å². The van der Waals surface area contributed by atoms with Crippen molar-refractivity contribution >= 4 is 22.9 Å². The molecule has 6 rings (SSSR count). The Morgan fingerprint density at radius 3 is 2.30 bits per heavy atom. The highest BCUT2D eigenvalue weighted by molar-refractivity contribution is 5.87. The van der Waals surface area contributed by atoms with Crippen LogP contribution in [-0.2, 0) is 20.6 Å². The van der Waals surface area contributed by atoms with Crippen molar-refractivity contribution < 1.29 is 9.53 Å². The SMILES string of the molecule is C=CC(=O)N1CCN(C2(c3ccc(C4(Nc5ncc6ccc(=O)n(C(C)C)c6n5)CC4)cc3)CCOCC2)CC1. The summed E-state index contributed by atoms with van der Waals surface area (Å²) in [6, 6.07) is 12.4. The van der Waals surface area contributed by atoms with Crippen molar-refractivity contribution in [1.82, 2.24) is 24.3 Å². The van der Waals surface area contributed by atoms with E-state index < -0.39 is 0 Å². The Morgan fingerprint density at radius 1 is 1.00 bits per heavy atom. The molecule has 2 aliphatic heterocycles. The first-order valence-corrected chi connectivity index (χ1v) is 14.4. The van der Waals surface area contributed by atoms with Crippen LogP contribution in [0.4, 0.5) is 5.95 Å². The number of ether oxygens (including phenoxy) is 1. The standard InChI is InChI=1S/C31H38N6O3/c1-4-26(38)35-15-17-36(18-16-35)31(13-19-40-20-14-31)25-8-6-24(7-9-25)30(11-12-30)34-29-32-21-23-5-10-27(39)37(22(2)3)28(23)33-29/h4-10,21-22H,1,11-20H2,2-3H3,(H,32,33,34). The Labute approximate surface area is 234 Å². The van der Waals surface area contributed by atoms with Crippen LogP contribution >= 0.6 is 0 Å². The second kappa shape index (κ2) is 10.4. The maximum Gasteiger partial charge on any atom is 0.252 e. The highest BCUT2D eigenvalue weighted by atomic mass is 16.5. The quantitative estimate of drug-likeness (QED) is 0.454. The van der Waals surface area contributed by atoms with E-state index in [9.17, 15) is 9.59 Å². The van der Waals surface area contributed by atoms with Gasteiger partial charge in [-0.2, -0.15) is 4.98 Å². The van der Waals surface area contributed by atoms with E-state index in [1.54, 1.807) is 22.9 Å². The molecule has 9 heteroatoms. The molecule has 1 saturated carbocycles. The van der Waals surface area contributed by atoms with Gasteiger partial charge >= 0.3 is 0 Å². The van der Waals surface area contributed by atoms with E-state index in [2.05, 4.69) is 46.0 Å². The molecule has 0 atom stereocenters. The number of piperazine rings is 1. The van der Waals surface area contributed by atoms with Crippen LogP contribution in [0.2, 0.25) is 0 Å². The predicted octanol–water partition coefficient (Wildman–Crippen LogP) is 3.81. The van der Waals surface area contributed by atoms with Crippen LogP contribution in [0.1, 0.15) is 56.7 Å². The van der Waals surface area contributed by atoms with E-state index in [1.165, 1.54) is 17.2 Å². The van der Waals surface area contributed by atoms with Gasteiger partial charge in [0, 0.05) is 63.1 Å². The number of carbonyl (C=O) groups excluding carboxylic acids is 1. The van der Waals surface area contributed by atoms with Crippen molar-refractivity contribution in [2.24, 2.45) is 0 Å². The molecule has 210 valence electrons. The Hall–Kier alpha value is -3.56. The van der Waals surface area contributed by atoms with E-state index >= 15 is 0 Å². The van der Waals surface area contributed by atoms with Crippen molar-refractivity contribution in [3.05, 3.63) is 76.7 Å². The molecule has 2 saturated heterocycles. The summed E-state index contributed by atoms with van der Waals surface area (Å²) >= 11 is 0. The van der Waals surface area contributed by atoms with E-state index in [0.717, 1.165) is 70.5 Å². The van der Waals surface area contributed by atoms with E-state index in [4.69, 9.17) is 9.72 Å². The van der Waals surface area contributed by atoms with Gasteiger partial charge in [-0.1, -0.05) is 30.8 Å². The molecule has 1 amide bonds. The van der Waals surface area contributed by atoms with Crippen molar-refractivity contribution in [2.45, 2.75) is 56.7 Å². The molecule has 40 heavy (non-hydrogen) atoms. The van der Waals surface area contributed by atoms with E-state index in [1.807, 2.05) is 18.7 Å². The van der Waals surface area contributed by atoms with Gasteiger partial charge in [-0.15, -0.1) is 0 Å². The van der Waals surface area contributed by atoms with Gasteiger partial charge in [0.15, 0.2) is 0 Å². The first kappa shape index (κ1) is 26.7. The molecule has 0 bridgehead atoms. The third-order valence-electron chi connectivity index (χ3n) is 8.95. The number of nitrogens with one attached hydrogen (secondary N) is 1. The summed E-state index contributed by atoms with van der Waals surface area (Å²) in [4.78, 5) is 38.5. The number of aromatic nitrogens is 3. The lowest BCUT2D eigenvalue weighted by Crippen LogP contribution is -2.58. The number of benzene rings is 1. The first-order chi connectivity index (χ1) is 19.3. The maximum atomic E-state index is 12.5. The number of carbonyl (C=O) groups is 1. The molecule has 2 aromatic heterocycles. The van der Waals surface area contributed by atoms with Gasteiger partial charge in [-0.25, -0.2) is 4.98 Å². The topological polar surface area (TPSA) is 92.6 Å². The molecule has 0 unspecified atom stereocenters. The molecule has 3 aliphatic rings. The van der Waals surface area contributed by atoms with Crippen molar-refractivity contribution in [3.63, 3.8) is 0 Å². The summed E-state index contributed by atoms with van der Waals surface area (Å²) < 4.78 is 7.50. The number of anilines is 1. The van der Waals surface area contributed by atoms with Crippen molar-refractivity contribution in [1.29, 1.82) is 0 Å². The summed E-state index contributed by atoms with van der Waals surface area (Å²) in [6.07, 6.45) is 7.07. The molecule has 1 N–H and O–H groups in total. The fourth-order valence-electron chi connectivity index (χ4n) is 6.50. The summed E-state index contributed by atoms with van der Waals surface area (Å²) in [6.45, 7) is 12.2. The lowest BCUT2D eigenvalue weighted by atomic mass is 9.80. The molecule has 0 spiro atoms. The normalized spacial score (nSPS) is 20.4. The zero-order valence-corrected chi connectivity index (χ0v) is 23.4. The van der Waals surface area contributed by atoms with Crippen LogP contribution in [-0.4, -0.2) is 69.6 Å². The van der Waals surface area contributed by atoms with Gasteiger partial charge in [0.05, 0.1) is 11.1 Å². The molecular formula is C31H38N6O3. The molecular weight excluding hydrogens is 504 g/mol. The molecule has 1 aliphatic carbocycles. The van der Waals surface area contributed by atoms with Gasteiger partial charge in [0.1, 0.15) is 5.65 Å². The van der Waals surface area contributed by atoms with Gasteiger partial charge in [0.2, 0.25) is 11.9 Å². The van der Waals surface area contributed by atoms with Crippen LogP contribution in [0.15, 0.2) is 60.0 Å². The highest BCUT2D eigenvalue weighted by Gasteiger charge is 2.46. The number of nitrogens with zero attached hydrogens (tertiary/aromatic N) is 5. The minimum Gasteiger partial charge on any atom is -0.381 e. The second-order valence-corrected chi connectivity index (χ2v) is 11.6. The maximum absolute atomic E-state index is 12.5. The Bertz CT molecular complexity index is 1460. The predicted molar refractivity (Wildman–Crippen MR) is 155 cm³/mol. The van der Waals surface area contributed by atoms with Gasteiger partial charge in [-0.3, -0.25) is 19.1 Å². The minimum absolute atomic E-state index is 0.00402. The van der Waals surface area contributed by atoms with Gasteiger partial charge < -0.3 is 15.0 Å². The molecule has 3 fully saturated rings. The number of rotatable bonds is 7. The van der Waals surface area contributed by atoms with Gasteiger partial charge in [-0.05, 0) is 62.8 Å². The second-order valence-electron chi connectivity index (χ2n) is 11.6. The highest BCUT2D eigenvalue weighted by Crippen LogP contribution is 2.49. The van der Waals surface area contributed by atoms with Gasteiger partial charge in [0.25, 0.3) is 5.56 Å². The molecule has 9 nitrogen and oxygen atoms in total. The van der Waals surface area contributed by atoms with E-state index in [0.29, 0.717) is 11.6 Å². The molecule has 3 aromatic rings. The smallest absolute Gasteiger partial charge is 0.252 e. The largest absolute Gasteiger partial charge is 0.381 e. The average molecular weight is 543 g/mol. The number of hydrogen-bond acceptors (Lipinski definition) is 7. The van der Waals surface area contributed by atoms with Crippen LogP contribution in [0.25, 0.3) is 11.0 Å². The average Bonchev–Trinajstić information content (AvgIpc) is 3.77. The fraction of sp³-hybridized carbons (Fsp3) is 0.484. The summed E-state index contributed by atoms with van der Waals surface area (Å²) in [5.74, 6) is 0.553. The first-order valence-electron chi connectivity index (χ1n) is 14.4. The van der Waals surface area contributed by atoms with E-state index in [-0.39, 0.29) is 28.6 Å². The number of hydrogen-bond donors (Lipinski definition) is 1. The Balaban J connectivity index is 1.24. The lowest BCUT2D eigenvalue weighted by molar-refractivity contribution is -0.130. The molecule has 0 radical (unpaired) electrons. The van der Waals surface area contributed by atoms with Crippen LogP contribution in [0.5, 0.6) is 0 Å². The molecule has 1 aromatic carbocycles. The monoisotopic (exact) mass is 542 g/mol. The molecule has 4 heterocycles. The minimum atomic E-state index is -0.205. The Morgan fingerprint density at radius 2 is 1.68 bits per heavy atom.